The van der Waals surface area contributed by atoms with Crippen LogP contribution < -0.4 is 10.5 Å². The number of aryl methyl sites for hydroxylation is 2. The number of fused-ring (bicyclic) bond motifs is 1. The van der Waals surface area contributed by atoms with Crippen LogP contribution in [0.4, 0.5) is 5.13 Å². The molecule has 12 heteroatoms. The van der Waals surface area contributed by atoms with Crippen LogP contribution in [0.15, 0.2) is 26.2 Å². The molecule has 1 aromatic carbocycles. The first-order valence-corrected chi connectivity index (χ1v) is 10.9. The van der Waals surface area contributed by atoms with E-state index in [-0.39, 0.29) is 32.1 Å². The van der Waals surface area contributed by atoms with Gasteiger partial charge < -0.3 is 9.15 Å². The number of ether oxygens (including phenoxy) is 1. The molecule has 0 aliphatic carbocycles. The average Bonchev–Trinajstić information content (AvgIpc) is 3.12. The van der Waals surface area contributed by atoms with Gasteiger partial charge in [0, 0.05) is 12.6 Å². The van der Waals surface area contributed by atoms with Gasteiger partial charge in [0.15, 0.2) is 10.7 Å². The summed E-state index contributed by atoms with van der Waals surface area (Å²) in [5.74, 6) is -1.18. The maximum atomic E-state index is 12.8. The van der Waals surface area contributed by atoms with Crippen molar-refractivity contribution < 1.29 is 22.4 Å². The van der Waals surface area contributed by atoms with Crippen LogP contribution in [0.1, 0.15) is 29.2 Å². The predicted molar refractivity (Wildman–Crippen MR) is 105 cm³/mol. The van der Waals surface area contributed by atoms with Crippen LogP contribution in [0.25, 0.3) is 11.1 Å². The van der Waals surface area contributed by atoms with Crippen molar-refractivity contribution in [2.24, 2.45) is 0 Å². The number of rotatable bonds is 6. The fourth-order valence-corrected chi connectivity index (χ4v) is 5.20. The number of anilines is 1. The number of oxazole rings is 1. The second-order valence-corrected chi connectivity index (χ2v) is 8.68. The summed E-state index contributed by atoms with van der Waals surface area (Å²) in [6.07, 6.45) is 0. The van der Waals surface area contributed by atoms with Crippen molar-refractivity contribution in [2.75, 3.05) is 11.3 Å². The summed E-state index contributed by atoms with van der Waals surface area (Å²) >= 11 is 7.01. The average molecular weight is 446 g/mol. The quantitative estimate of drug-likeness (QED) is 0.579. The molecule has 0 bridgehead atoms. The standard InChI is InChI=1S/C16H16ClN3O6S2/c1-4-20-10-6-9(17)12(7-11(10)26-16(20)22)28(23,24)19-15-18-8(3)13(27-15)14(21)25-5-2/h6-7H,4-5H2,1-3H3,(H,18,19). The van der Waals surface area contributed by atoms with Gasteiger partial charge >= 0.3 is 11.7 Å². The first-order valence-electron chi connectivity index (χ1n) is 8.18. The topological polar surface area (TPSA) is 121 Å². The molecule has 0 fully saturated rings. The molecule has 28 heavy (non-hydrogen) atoms. The van der Waals surface area contributed by atoms with Crippen LogP contribution in [0.2, 0.25) is 5.02 Å². The van der Waals surface area contributed by atoms with Gasteiger partial charge in [-0.05, 0) is 26.8 Å². The molecule has 3 rings (SSSR count). The van der Waals surface area contributed by atoms with Gasteiger partial charge in [-0.3, -0.25) is 9.29 Å². The third-order valence-electron chi connectivity index (χ3n) is 3.81. The predicted octanol–water partition coefficient (Wildman–Crippen LogP) is 3.01. The van der Waals surface area contributed by atoms with E-state index in [1.807, 2.05) is 0 Å². The van der Waals surface area contributed by atoms with E-state index in [4.69, 9.17) is 20.8 Å². The molecule has 2 heterocycles. The van der Waals surface area contributed by atoms with Crippen molar-refractivity contribution in [1.82, 2.24) is 9.55 Å². The number of benzene rings is 1. The van der Waals surface area contributed by atoms with E-state index in [0.717, 1.165) is 11.3 Å². The van der Waals surface area contributed by atoms with E-state index >= 15 is 0 Å². The number of nitrogens with zero attached hydrogens (tertiary/aromatic N) is 2. The fraction of sp³-hybridized carbons (Fsp3) is 0.312. The Morgan fingerprint density at radius 3 is 2.75 bits per heavy atom. The highest BCUT2D eigenvalue weighted by Crippen LogP contribution is 2.31. The highest BCUT2D eigenvalue weighted by molar-refractivity contribution is 7.93. The minimum absolute atomic E-state index is 0.00991. The number of aromatic nitrogens is 2. The van der Waals surface area contributed by atoms with Gasteiger partial charge in [0.2, 0.25) is 0 Å². The van der Waals surface area contributed by atoms with E-state index in [1.54, 1.807) is 20.8 Å². The monoisotopic (exact) mass is 445 g/mol. The lowest BCUT2D eigenvalue weighted by Crippen LogP contribution is -2.14. The van der Waals surface area contributed by atoms with Crippen molar-refractivity contribution in [3.63, 3.8) is 0 Å². The number of esters is 1. The minimum atomic E-state index is -4.14. The maximum Gasteiger partial charge on any atom is 0.419 e. The van der Waals surface area contributed by atoms with Crippen molar-refractivity contribution >= 4 is 55.2 Å². The Hall–Kier alpha value is -2.37. The van der Waals surface area contributed by atoms with E-state index in [2.05, 4.69) is 9.71 Å². The summed E-state index contributed by atoms with van der Waals surface area (Å²) in [5, 5.41) is -0.0915. The molecule has 0 atom stereocenters. The first-order chi connectivity index (χ1) is 13.2. The zero-order valence-electron chi connectivity index (χ0n) is 15.1. The van der Waals surface area contributed by atoms with Crippen LogP contribution in [0, 0.1) is 6.92 Å². The molecule has 3 aromatic rings. The molecule has 0 radical (unpaired) electrons. The Morgan fingerprint density at radius 1 is 1.39 bits per heavy atom. The Kier molecular flexibility index (Phi) is 5.50. The largest absolute Gasteiger partial charge is 0.462 e. The molecule has 9 nitrogen and oxygen atoms in total. The second-order valence-electron chi connectivity index (χ2n) is 5.62. The molecule has 150 valence electrons. The summed E-state index contributed by atoms with van der Waals surface area (Å²) in [6, 6.07) is 2.54. The molecular formula is C16H16ClN3O6S2. The second kappa shape index (κ2) is 7.57. The highest BCUT2D eigenvalue weighted by atomic mass is 35.5. The number of halogens is 1. The Bertz CT molecular complexity index is 1230. The van der Waals surface area contributed by atoms with Crippen LogP contribution in [-0.2, 0) is 21.3 Å². The Labute approximate surface area is 168 Å². The van der Waals surface area contributed by atoms with Crippen molar-refractivity contribution in [2.45, 2.75) is 32.2 Å². The van der Waals surface area contributed by atoms with E-state index in [0.29, 0.717) is 17.8 Å². The fourth-order valence-electron chi connectivity index (χ4n) is 2.57. The zero-order chi connectivity index (χ0) is 20.6. The number of nitrogens with one attached hydrogen (secondary N) is 1. The van der Waals surface area contributed by atoms with Gasteiger partial charge in [-0.15, -0.1) is 0 Å². The normalized spacial score (nSPS) is 11.7. The molecule has 0 saturated heterocycles. The van der Waals surface area contributed by atoms with Crippen LogP contribution in [-0.4, -0.2) is 30.5 Å². The van der Waals surface area contributed by atoms with Crippen LogP contribution in [0.5, 0.6) is 0 Å². The van der Waals surface area contributed by atoms with Gasteiger partial charge in [0.25, 0.3) is 10.0 Å². The van der Waals surface area contributed by atoms with Crippen molar-refractivity contribution in [3.8, 4) is 0 Å². The summed E-state index contributed by atoms with van der Waals surface area (Å²) < 4.78 is 39.2. The lowest BCUT2D eigenvalue weighted by atomic mass is 10.3. The third-order valence-corrected chi connectivity index (χ3v) is 6.79. The van der Waals surface area contributed by atoms with E-state index < -0.39 is 21.7 Å². The molecule has 2 aromatic heterocycles. The zero-order valence-corrected chi connectivity index (χ0v) is 17.5. The van der Waals surface area contributed by atoms with Gasteiger partial charge in [-0.1, -0.05) is 22.9 Å². The summed E-state index contributed by atoms with van der Waals surface area (Å²) in [4.78, 5) is 27.7. The molecule has 1 N–H and O–H groups in total. The minimum Gasteiger partial charge on any atom is -0.462 e. The molecule has 0 aliphatic heterocycles. The highest BCUT2D eigenvalue weighted by Gasteiger charge is 2.24. The Morgan fingerprint density at radius 2 is 2.11 bits per heavy atom. The third kappa shape index (κ3) is 3.64. The summed E-state index contributed by atoms with van der Waals surface area (Å²) in [7, 11) is -4.14. The molecule has 0 amide bonds. The lowest BCUT2D eigenvalue weighted by Gasteiger charge is -2.07. The molecule has 0 spiro atoms. The van der Waals surface area contributed by atoms with Gasteiger partial charge in [-0.2, -0.15) is 0 Å². The van der Waals surface area contributed by atoms with E-state index in [9.17, 15) is 18.0 Å². The number of hydrogen-bond donors (Lipinski definition) is 1. The van der Waals surface area contributed by atoms with Crippen molar-refractivity contribution in [1.29, 1.82) is 0 Å². The van der Waals surface area contributed by atoms with Gasteiger partial charge in [0.05, 0.1) is 22.8 Å². The van der Waals surface area contributed by atoms with E-state index in [1.165, 1.54) is 16.7 Å². The first kappa shape index (κ1) is 20.4. The van der Waals surface area contributed by atoms with Gasteiger partial charge in [0.1, 0.15) is 9.77 Å². The van der Waals surface area contributed by atoms with Crippen molar-refractivity contribution in [3.05, 3.63) is 38.3 Å². The summed E-state index contributed by atoms with van der Waals surface area (Å²) in [5.41, 5.74) is 0.832. The Balaban J connectivity index is 2.00. The number of thiazole rings is 1. The molecule has 0 saturated carbocycles. The number of sulfonamides is 1. The molecule has 0 aliphatic rings. The van der Waals surface area contributed by atoms with Crippen LogP contribution in [0.3, 0.4) is 0 Å². The lowest BCUT2D eigenvalue weighted by molar-refractivity contribution is 0.0531. The van der Waals surface area contributed by atoms with Crippen LogP contribution >= 0.6 is 22.9 Å². The SMILES string of the molecule is CCOC(=O)c1sc(NS(=O)(=O)c2cc3oc(=O)n(CC)c3cc2Cl)nc1C. The number of hydrogen-bond acceptors (Lipinski definition) is 8. The smallest absolute Gasteiger partial charge is 0.419 e. The summed E-state index contributed by atoms with van der Waals surface area (Å²) in [6.45, 7) is 5.53. The molecule has 0 unspecified atom stereocenters. The number of carbonyl (C=O) groups is 1. The molecular weight excluding hydrogens is 430 g/mol. The number of carbonyl (C=O) groups excluding carboxylic acids is 1. The maximum absolute atomic E-state index is 12.8. The van der Waals surface area contributed by atoms with Gasteiger partial charge in [-0.25, -0.2) is 23.0 Å².